The van der Waals surface area contributed by atoms with E-state index >= 15 is 0 Å². The molecule has 0 N–H and O–H groups in total. The molecule has 2 aliphatic rings. The highest BCUT2D eigenvalue weighted by atomic mass is 14.2. The molecule has 0 unspecified atom stereocenters. The van der Waals surface area contributed by atoms with E-state index in [0.29, 0.717) is 0 Å². The Hall–Kier alpha value is -1.56. The van der Waals surface area contributed by atoms with Crippen molar-refractivity contribution < 1.29 is 0 Å². The summed E-state index contributed by atoms with van der Waals surface area (Å²) in [6, 6.07) is 14.5. The third kappa shape index (κ3) is 1.77. The number of rotatable bonds is 0. The highest BCUT2D eigenvalue weighted by Crippen LogP contribution is 2.24. The highest BCUT2D eigenvalue weighted by Gasteiger charge is 2.12. The fourth-order valence-corrected chi connectivity index (χ4v) is 3.43. The lowest BCUT2D eigenvalue weighted by molar-refractivity contribution is 0.894. The predicted octanol–water partition coefficient (Wildman–Crippen LogP) is 3.67. The van der Waals surface area contributed by atoms with E-state index in [1.54, 1.807) is 22.3 Å². The Morgan fingerprint density at radius 2 is 1.00 bits per heavy atom. The van der Waals surface area contributed by atoms with Gasteiger partial charge in [0.05, 0.1) is 0 Å². The van der Waals surface area contributed by atoms with Crippen molar-refractivity contribution in [2.75, 3.05) is 0 Å². The van der Waals surface area contributed by atoms with Crippen LogP contribution in [0.15, 0.2) is 36.4 Å². The molecule has 90 valence electrons. The standard InChI is InChI=1S/C18H18/c1-2-14-9-15-4-7-17-6-3-13(1)12-18(17)8-5-16(10-14)11-15/h3,6,9-12H,1-2,4-5,7-8H2. The van der Waals surface area contributed by atoms with Crippen molar-refractivity contribution in [1.82, 2.24) is 0 Å². The maximum absolute atomic E-state index is 2.46. The minimum absolute atomic E-state index is 1.19. The molecule has 0 fully saturated rings. The molecule has 0 atom stereocenters. The highest BCUT2D eigenvalue weighted by molar-refractivity contribution is 5.39. The zero-order valence-corrected chi connectivity index (χ0v) is 10.7. The topological polar surface area (TPSA) is 0 Å². The van der Waals surface area contributed by atoms with E-state index in [1.165, 1.54) is 49.7 Å². The van der Waals surface area contributed by atoms with Crippen LogP contribution in [0.4, 0.5) is 0 Å². The Balaban J connectivity index is 1.95. The van der Waals surface area contributed by atoms with Gasteiger partial charge < -0.3 is 0 Å². The zero-order valence-electron chi connectivity index (χ0n) is 10.7. The lowest BCUT2D eigenvalue weighted by atomic mass is 9.93. The summed E-state index contributed by atoms with van der Waals surface area (Å²) >= 11 is 0. The van der Waals surface area contributed by atoms with Gasteiger partial charge >= 0.3 is 0 Å². The molecule has 0 saturated heterocycles. The zero-order chi connectivity index (χ0) is 11.9. The monoisotopic (exact) mass is 234 g/mol. The van der Waals surface area contributed by atoms with Crippen LogP contribution in [0.3, 0.4) is 0 Å². The van der Waals surface area contributed by atoms with E-state index in [9.17, 15) is 0 Å². The molecule has 0 spiro atoms. The van der Waals surface area contributed by atoms with E-state index in [1.807, 2.05) is 0 Å². The molecule has 0 aliphatic heterocycles. The third-order valence-electron chi connectivity index (χ3n) is 4.45. The first kappa shape index (κ1) is 10.4. The number of benzene rings is 2. The van der Waals surface area contributed by atoms with Crippen LogP contribution >= 0.6 is 0 Å². The van der Waals surface area contributed by atoms with Crippen molar-refractivity contribution >= 4 is 0 Å². The summed E-state index contributed by atoms with van der Waals surface area (Å²) in [6.07, 6.45) is 7.21. The predicted molar refractivity (Wildman–Crippen MR) is 75.1 cm³/mol. The first-order valence-electron chi connectivity index (χ1n) is 7.09. The molecule has 5 bridgehead atoms. The summed E-state index contributed by atoms with van der Waals surface area (Å²) in [4.78, 5) is 0. The van der Waals surface area contributed by atoms with Crippen molar-refractivity contribution in [2.45, 2.75) is 38.5 Å². The van der Waals surface area contributed by atoms with Crippen LogP contribution in [-0.2, 0) is 38.5 Å². The van der Waals surface area contributed by atoms with Gasteiger partial charge in [0.2, 0.25) is 0 Å². The van der Waals surface area contributed by atoms with Gasteiger partial charge in [0, 0.05) is 0 Å². The lowest BCUT2D eigenvalue weighted by Crippen LogP contribution is -2.01. The van der Waals surface area contributed by atoms with Crippen LogP contribution in [0.1, 0.15) is 33.4 Å². The second kappa shape index (κ2) is 3.98. The fourth-order valence-electron chi connectivity index (χ4n) is 3.43. The average molecular weight is 234 g/mol. The minimum atomic E-state index is 1.19. The van der Waals surface area contributed by atoms with Crippen molar-refractivity contribution in [2.24, 2.45) is 0 Å². The summed E-state index contributed by atoms with van der Waals surface area (Å²) in [5.74, 6) is 0. The Kier molecular flexibility index (Phi) is 2.29. The first-order valence-corrected chi connectivity index (χ1v) is 7.09. The quantitative estimate of drug-likeness (QED) is 0.652. The van der Waals surface area contributed by atoms with Crippen molar-refractivity contribution in [3.8, 4) is 0 Å². The smallest absolute Gasteiger partial charge is 0.0235 e. The van der Waals surface area contributed by atoms with Gasteiger partial charge in [-0.1, -0.05) is 36.4 Å². The van der Waals surface area contributed by atoms with E-state index in [0.717, 1.165) is 0 Å². The summed E-state index contributed by atoms with van der Waals surface area (Å²) in [7, 11) is 0. The molecule has 0 amide bonds. The van der Waals surface area contributed by atoms with Gasteiger partial charge in [-0.05, 0) is 71.9 Å². The number of aryl methyl sites for hydroxylation is 6. The summed E-state index contributed by atoms with van der Waals surface area (Å²) < 4.78 is 0. The molecular formula is C18H18. The second-order valence-corrected chi connectivity index (χ2v) is 5.76. The van der Waals surface area contributed by atoms with Gasteiger partial charge in [-0.25, -0.2) is 0 Å². The number of hydrogen-bond acceptors (Lipinski definition) is 0. The molecular weight excluding hydrogens is 216 g/mol. The van der Waals surface area contributed by atoms with Crippen molar-refractivity contribution in [3.05, 3.63) is 69.8 Å². The Morgan fingerprint density at radius 1 is 0.444 bits per heavy atom. The molecule has 0 aromatic heterocycles. The van der Waals surface area contributed by atoms with Gasteiger partial charge in [-0.15, -0.1) is 0 Å². The normalized spacial score (nSPS) is 16.7. The van der Waals surface area contributed by atoms with Crippen LogP contribution in [0, 0.1) is 0 Å². The van der Waals surface area contributed by atoms with Crippen LogP contribution < -0.4 is 0 Å². The minimum Gasteiger partial charge on any atom is -0.0587 e. The molecule has 18 heavy (non-hydrogen) atoms. The van der Waals surface area contributed by atoms with Crippen LogP contribution in [0.5, 0.6) is 0 Å². The first-order chi connectivity index (χ1) is 8.87. The Labute approximate surface area is 109 Å². The maximum atomic E-state index is 2.46. The molecule has 0 heteroatoms. The Bertz CT molecular complexity index is 607. The van der Waals surface area contributed by atoms with Crippen LogP contribution in [-0.4, -0.2) is 0 Å². The van der Waals surface area contributed by atoms with Crippen LogP contribution in [0.2, 0.25) is 0 Å². The van der Waals surface area contributed by atoms with Gasteiger partial charge in [0.25, 0.3) is 0 Å². The lowest BCUT2D eigenvalue weighted by Gasteiger charge is -2.12. The summed E-state index contributed by atoms with van der Waals surface area (Å²) in [5.41, 5.74) is 9.31. The number of fused-ring (bicyclic) bond motifs is 4. The van der Waals surface area contributed by atoms with Crippen LogP contribution in [0.25, 0.3) is 0 Å². The van der Waals surface area contributed by atoms with E-state index in [2.05, 4.69) is 36.4 Å². The van der Waals surface area contributed by atoms with Crippen molar-refractivity contribution in [3.63, 3.8) is 0 Å². The Morgan fingerprint density at radius 3 is 1.72 bits per heavy atom. The van der Waals surface area contributed by atoms with E-state index < -0.39 is 0 Å². The molecule has 0 radical (unpaired) electrons. The summed E-state index contributed by atoms with van der Waals surface area (Å²) in [5, 5.41) is 0. The van der Waals surface area contributed by atoms with E-state index in [4.69, 9.17) is 0 Å². The molecule has 2 aromatic carbocycles. The molecule has 4 rings (SSSR count). The largest absolute Gasteiger partial charge is 0.0587 e. The third-order valence-corrected chi connectivity index (χ3v) is 4.45. The summed E-state index contributed by atoms with van der Waals surface area (Å²) in [6.45, 7) is 0. The van der Waals surface area contributed by atoms with Gasteiger partial charge in [-0.2, -0.15) is 0 Å². The van der Waals surface area contributed by atoms with Gasteiger partial charge in [0.15, 0.2) is 0 Å². The second-order valence-electron chi connectivity index (χ2n) is 5.76. The van der Waals surface area contributed by atoms with Gasteiger partial charge in [0.1, 0.15) is 0 Å². The van der Waals surface area contributed by atoms with Gasteiger partial charge in [-0.3, -0.25) is 0 Å². The molecule has 0 heterocycles. The van der Waals surface area contributed by atoms with Crippen molar-refractivity contribution in [1.29, 1.82) is 0 Å². The SMILES string of the molecule is c1cc2c3cc1CCc1cc(cc(c1)CC3)CC2. The van der Waals surface area contributed by atoms with E-state index in [-0.39, 0.29) is 0 Å². The number of hydrogen-bond donors (Lipinski definition) is 0. The average Bonchev–Trinajstić information content (AvgIpc) is 2.42. The molecule has 0 saturated carbocycles. The molecule has 0 nitrogen and oxygen atoms in total. The molecule has 2 aliphatic carbocycles. The maximum Gasteiger partial charge on any atom is -0.0235 e. The molecule has 2 aromatic rings. The fraction of sp³-hybridized carbons (Fsp3) is 0.333.